The van der Waals surface area contributed by atoms with Gasteiger partial charge in [0.15, 0.2) is 0 Å². The predicted octanol–water partition coefficient (Wildman–Crippen LogP) is 4.97. The largest absolute Gasteiger partial charge is 0.351 e. The number of rotatable bonds is 5. The van der Waals surface area contributed by atoms with Crippen LogP contribution < -0.4 is 5.32 Å². The van der Waals surface area contributed by atoms with Gasteiger partial charge in [-0.05, 0) is 50.3 Å². The Labute approximate surface area is 219 Å². The van der Waals surface area contributed by atoms with Gasteiger partial charge in [0.1, 0.15) is 11.2 Å². The maximum Gasteiger partial charge on any atom is 0.271 e. The number of fused-ring (bicyclic) bond motifs is 3. The van der Waals surface area contributed by atoms with Crippen LogP contribution in [0.3, 0.4) is 0 Å². The molecule has 6 heteroatoms. The van der Waals surface area contributed by atoms with Crippen LogP contribution in [0.2, 0.25) is 0 Å². The van der Waals surface area contributed by atoms with E-state index >= 15 is 0 Å². The first-order chi connectivity index (χ1) is 18.0. The molecule has 37 heavy (non-hydrogen) atoms. The molecular formula is C31H38N4O2. The molecule has 3 aromatic rings. The SMILES string of the molecule is CC1(C(=O)NC2CCCCC2)Cn2c(cc3ccccc32)C(=O)N1C1CCN(Cc2ccccc2)CC1. The molecule has 194 valence electrons. The summed E-state index contributed by atoms with van der Waals surface area (Å²) in [5, 5.41) is 4.43. The van der Waals surface area contributed by atoms with Crippen LogP contribution in [-0.4, -0.2) is 56.9 Å². The summed E-state index contributed by atoms with van der Waals surface area (Å²) in [6.07, 6.45) is 7.40. The van der Waals surface area contributed by atoms with Gasteiger partial charge in [0.25, 0.3) is 5.91 Å². The van der Waals surface area contributed by atoms with Crippen LogP contribution in [0.5, 0.6) is 0 Å². The van der Waals surface area contributed by atoms with Gasteiger partial charge < -0.3 is 14.8 Å². The van der Waals surface area contributed by atoms with Crippen molar-refractivity contribution in [3.05, 3.63) is 71.9 Å². The zero-order chi connectivity index (χ0) is 25.4. The average molecular weight is 499 g/mol. The van der Waals surface area contributed by atoms with E-state index in [1.54, 1.807) is 0 Å². The quantitative estimate of drug-likeness (QED) is 0.540. The Balaban J connectivity index is 1.28. The van der Waals surface area contributed by atoms with Crippen molar-refractivity contribution in [3.8, 4) is 0 Å². The van der Waals surface area contributed by atoms with Crippen LogP contribution in [0.1, 0.15) is 67.9 Å². The number of hydrogen-bond donors (Lipinski definition) is 1. The van der Waals surface area contributed by atoms with Crippen LogP contribution in [0.4, 0.5) is 0 Å². The first-order valence-electron chi connectivity index (χ1n) is 14.0. The highest BCUT2D eigenvalue weighted by Crippen LogP contribution is 2.36. The Morgan fingerprint density at radius 3 is 2.41 bits per heavy atom. The van der Waals surface area contributed by atoms with Gasteiger partial charge in [0.05, 0.1) is 6.54 Å². The highest BCUT2D eigenvalue weighted by Gasteiger charge is 2.51. The molecule has 2 aliphatic heterocycles. The fourth-order valence-corrected chi connectivity index (χ4v) is 6.80. The van der Waals surface area contributed by atoms with Crippen LogP contribution in [0, 0.1) is 0 Å². The molecule has 1 aromatic heterocycles. The number of nitrogens with zero attached hydrogens (tertiary/aromatic N) is 3. The van der Waals surface area contributed by atoms with Crippen LogP contribution in [0.25, 0.3) is 10.9 Å². The normalized spacial score (nSPS) is 23.8. The zero-order valence-electron chi connectivity index (χ0n) is 21.9. The van der Waals surface area contributed by atoms with Gasteiger partial charge in [0, 0.05) is 42.6 Å². The van der Waals surface area contributed by atoms with Crippen molar-refractivity contribution in [2.24, 2.45) is 0 Å². The second-order valence-electron chi connectivity index (χ2n) is 11.4. The molecule has 6 nitrogen and oxygen atoms in total. The summed E-state index contributed by atoms with van der Waals surface area (Å²) in [5.74, 6) is -0.00634. The van der Waals surface area contributed by atoms with Crippen molar-refractivity contribution in [1.82, 2.24) is 19.7 Å². The molecule has 1 N–H and O–H groups in total. The van der Waals surface area contributed by atoms with E-state index < -0.39 is 5.54 Å². The van der Waals surface area contributed by atoms with Crippen molar-refractivity contribution in [2.45, 2.75) is 82.6 Å². The van der Waals surface area contributed by atoms with Crippen LogP contribution in [0.15, 0.2) is 60.7 Å². The third-order valence-electron chi connectivity index (χ3n) is 8.85. The summed E-state index contributed by atoms with van der Waals surface area (Å²) in [7, 11) is 0. The van der Waals surface area contributed by atoms with Gasteiger partial charge in [-0.3, -0.25) is 14.5 Å². The molecular weight excluding hydrogens is 460 g/mol. The molecule has 6 rings (SSSR count). The number of nitrogens with one attached hydrogen (secondary N) is 1. The highest BCUT2D eigenvalue weighted by molar-refractivity contribution is 6.03. The predicted molar refractivity (Wildman–Crippen MR) is 146 cm³/mol. The lowest BCUT2D eigenvalue weighted by Gasteiger charge is -2.50. The molecule has 1 aliphatic carbocycles. The molecule has 3 aliphatic rings. The first-order valence-corrected chi connectivity index (χ1v) is 14.0. The Morgan fingerprint density at radius 2 is 1.65 bits per heavy atom. The summed E-state index contributed by atoms with van der Waals surface area (Å²) in [4.78, 5) is 32.7. The Morgan fingerprint density at radius 1 is 0.946 bits per heavy atom. The second kappa shape index (κ2) is 9.97. The van der Waals surface area contributed by atoms with Gasteiger partial charge >= 0.3 is 0 Å². The van der Waals surface area contributed by atoms with Gasteiger partial charge in [0.2, 0.25) is 5.91 Å². The van der Waals surface area contributed by atoms with E-state index in [-0.39, 0.29) is 23.9 Å². The fourth-order valence-electron chi connectivity index (χ4n) is 6.80. The zero-order valence-corrected chi connectivity index (χ0v) is 21.9. The lowest BCUT2D eigenvalue weighted by Crippen LogP contribution is -2.68. The smallest absolute Gasteiger partial charge is 0.271 e. The molecule has 0 spiro atoms. The number of hydrogen-bond acceptors (Lipinski definition) is 3. The molecule has 0 bridgehead atoms. The van der Waals surface area contributed by atoms with E-state index in [4.69, 9.17) is 0 Å². The number of aromatic nitrogens is 1. The molecule has 1 saturated heterocycles. The van der Waals surface area contributed by atoms with Crippen molar-refractivity contribution in [2.75, 3.05) is 13.1 Å². The fraction of sp³-hybridized carbons (Fsp3) is 0.484. The summed E-state index contributed by atoms with van der Waals surface area (Å²) < 4.78 is 2.08. The summed E-state index contributed by atoms with van der Waals surface area (Å²) in [6, 6.07) is 21.0. The average Bonchev–Trinajstić information content (AvgIpc) is 3.29. The Kier molecular flexibility index (Phi) is 6.53. The molecule has 2 fully saturated rings. The van der Waals surface area contributed by atoms with E-state index in [9.17, 15) is 9.59 Å². The second-order valence-corrected chi connectivity index (χ2v) is 11.4. The number of piperidine rings is 1. The van der Waals surface area contributed by atoms with E-state index in [0.717, 1.165) is 69.1 Å². The minimum atomic E-state index is -0.921. The van der Waals surface area contributed by atoms with E-state index in [1.165, 1.54) is 12.0 Å². The molecule has 1 saturated carbocycles. The molecule has 2 aromatic carbocycles. The van der Waals surface area contributed by atoms with E-state index in [2.05, 4.69) is 57.2 Å². The maximum absolute atomic E-state index is 14.2. The number of amides is 2. The van der Waals surface area contributed by atoms with Crippen LogP contribution >= 0.6 is 0 Å². The molecule has 3 heterocycles. The minimum Gasteiger partial charge on any atom is -0.351 e. The third kappa shape index (κ3) is 4.56. The maximum atomic E-state index is 14.2. The number of benzene rings is 2. The van der Waals surface area contributed by atoms with E-state index in [0.29, 0.717) is 12.2 Å². The molecule has 1 unspecified atom stereocenters. The van der Waals surface area contributed by atoms with Gasteiger partial charge in [-0.15, -0.1) is 0 Å². The van der Waals surface area contributed by atoms with Crippen LogP contribution in [-0.2, 0) is 17.9 Å². The molecule has 1 atom stereocenters. The number of carbonyl (C=O) groups is 2. The molecule has 2 amide bonds. The highest BCUT2D eigenvalue weighted by atomic mass is 16.2. The lowest BCUT2D eigenvalue weighted by atomic mass is 9.88. The van der Waals surface area contributed by atoms with Gasteiger partial charge in [-0.25, -0.2) is 0 Å². The summed E-state index contributed by atoms with van der Waals surface area (Å²) in [6.45, 7) is 5.26. The number of para-hydroxylation sites is 1. The van der Waals surface area contributed by atoms with Crippen molar-refractivity contribution >= 4 is 22.7 Å². The Hall–Kier alpha value is -3.12. The standard InChI is InChI=1S/C31H38N4O2/c1-31(30(37)32-25-13-6-3-7-14-25)22-34-27-15-9-8-12-24(27)20-28(34)29(36)35(31)26-16-18-33(19-17-26)21-23-10-4-2-5-11-23/h2,4-5,8-12,15,20,25-26H,3,6-7,13-14,16-19,21-22H2,1H3,(H,32,37). The topological polar surface area (TPSA) is 57.6 Å². The minimum absolute atomic E-state index is 0.00268. The van der Waals surface area contributed by atoms with Gasteiger partial charge in [-0.1, -0.05) is 67.8 Å². The summed E-state index contributed by atoms with van der Waals surface area (Å²) in [5.41, 5.74) is 2.13. The monoisotopic (exact) mass is 498 g/mol. The Bertz CT molecular complexity index is 1270. The number of carbonyl (C=O) groups excluding carboxylic acids is 2. The third-order valence-corrected chi connectivity index (χ3v) is 8.85. The first kappa shape index (κ1) is 24.2. The van der Waals surface area contributed by atoms with Crippen molar-refractivity contribution in [1.29, 1.82) is 0 Å². The molecule has 0 radical (unpaired) electrons. The number of likely N-dealkylation sites (tertiary alicyclic amines) is 1. The summed E-state index contributed by atoms with van der Waals surface area (Å²) >= 11 is 0. The van der Waals surface area contributed by atoms with Crippen molar-refractivity contribution < 1.29 is 9.59 Å². The van der Waals surface area contributed by atoms with Crippen molar-refractivity contribution in [3.63, 3.8) is 0 Å². The van der Waals surface area contributed by atoms with E-state index in [1.807, 2.05) is 30.0 Å². The van der Waals surface area contributed by atoms with Gasteiger partial charge in [-0.2, -0.15) is 0 Å². The lowest BCUT2D eigenvalue weighted by molar-refractivity contribution is -0.136.